The van der Waals surface area contributed by atoms with Crippen molar-refractivity contribution >= 4 is 12.2 Å². The van der Waals surface area contributed by atoms with Crippen molar-refractivity contribution in [3.8, 4) is 11.4 Å². The highest BCUT2D eigenvalue weighted by Gasteiger charge is 2.05. The predicted molar refractivity (Wildman–Crippen MR) is 67.0 cm³/mol. The molecule has 0 aliphatic carbocycles. The zero-order valence-corrected chi connectivity index (χ0v) is 10.4. The number of hydrogen-bond acceptors (Lipinski definition) is 2. The van der Waals surface area contributed by atoms with Crippen LogP contribution in [0.4, 0.5) is 0 Å². The van der Waals surface area contributed by atoms with Crippen LogP contribution in [0.1, 0.15) is 11.3 Å². The summed E-state index contributed by atoms with van der Waals surface area (Å²) >= 11 is 5.24. The van der Waals surface area contributed by atoms with E-state index in [-0.39, 0.29) is 0 Å². The molecule has 1 heterocycles. The molecule has 0 saturated heterocycles. The number of aromatic amines is 1. The van der Waals surface area contributed by atoms with E-state index in [4.69, 9.17) is 17.0 Å². The zero-order valence-electron chi connectivity index (χ0n) is 9.57. The van der Waals surface area contributed by atoms with Crippen LogP contribution in [0.5, 0.6) is 5.75 Å². The lowest BCUT2D eigenvalue weighted by Gasteiger charge is -2.09. The number of nitrogens with one attached hydrogen (secondary N) is 1. The molecule has 0 atom stereocenters. The van der Waals surface area contributed by atoms with Gasteiger partial charge in [0.15, 0.2) is 4.77 Å². The summed E-state index contributed by atoms with van der Waals surface area (Å²) < 4.78 is 7.95. The summed E-state index contributed by atoms with van der Waals surface area (Å²) in [5, 5.41) is 0. The van der Waals surface area contributed by atoms with Crippen LogP contribution >= 0.6 is 12.2 Å². The number of H-pyrrole nitrogens is 1. The van der Waals surface area contributed by atoms with Gasteiger partial charge in [0.05, 0.1) is 7.11 Å². The standard InChI is InChI=1S/C12H14N2OS/c1-8-6-10(4-5-11(8)15-3)14-9(2)7-13-12(14)16/h4-7H,1-3H3,(H,13,16). The third-order valence-corrected chi connectivity index (χ3v) is 2.90. The smallest absolute Gasteiger partial charge is 0.182 e. The van der Waals surface area contributed by atoms with Gasteiger partial charge in [-0.05, 0) is 49.8 Å². The van der Waals surface area contributed by atoms with Gasteiger partial charge >= 0.3 is 0 Å². The lowest BCUT2D eigenvalue weighted by molar-refractivity contribution is 0.411. The summed E-state index contributed by atoms with van der Waals surface area (Å²) in [7, 11) is 1.68. The third-order valence-electron chi connectivity index (χ3n) is 2.60. The summed E-state index contributed by atoms with van der Waals surface area (Å²) in [5.74, 6) is 0.892. The second kappa shape index (κ2) is 4.14. The molecule has 0 amide bonds. The largest absolute Gasteiger partial charge is 0.496 e. The van der Waals surface area contributed by atoms with Crippen LogP contribution in [0.3, 0.4) is 0 Å². The number of hydrogen-bond donors (Lipinski definition) is 1. The Bertz CT molecular complexity index is 569. The van der Waals surface area contributed by atoms with Crippen LogP contribution in [0.2, 0.25) is 0 Å². The third kappa shape index (κ3) is 1.76. The maximum absolute atomic E-state index is 5.24. The van der Waals surface area contributed by atoms with Gasteiger partial charge in [-0.25, -0.2) is 0 Å². The fourth-order valence-electron chi connectivity index (χ4n) is 1.78. The summed E-state index contributed by atoms with van der Waals surface area (Å²) in [6.45, 7) is 4.04. The molecule has 0 spiro atoms. The van der Waals surface area contributed by atoms with Crippen LogP contribution in [-0.4, -0.2) is 16.7 Å². The Morgan fingerprint density at radius 3 is 2.56 bits per heavy atom. The monoisotopic (exact) mass is 234 g/mol. The maximum atomic E-state index is 5.24. The first-order valence-electron chi connectivity index (χ1n) is 5.05. The average molecular weight is 234 g/mol. The number of ether oxygens (including phenoxy) is 1. The molecule has 1 N–H and O–H groups in total. The van der Waals surface area contributed by atoms with Gasteiger partial charge in [-0.15, -0.1) is 0 Å². The number of aryl methyl sites for hydroxylation is 2. The van der Waals surface area contributed by atoms with Crippen molar-refractivity contribution in [3.63, 3.8) is 0 Å². The minimum atomic E-state index is 0.710. The first kappa shape index (κ1) is 11.0. The van der Waals surface area contributed by atoms with Gasteiger partial charge in [-0.1, -0.05) is 0 Å². The van der Waals surface area contributed by atoms with Crippen molar-refractivity contribution in [3.05, 3.63) is 40.4 Å². The van der Waals surface area contributed by atoms with Crippen LogP contribution in [-0.2, 0) is 0 Å². The Kier molecular flexibility index (Phi) is 2.83. The van der Waals surface area contributed by atoms with E-state index in [0.717, 1.165) is 22.7 Å². The van der Waals surface area contributed by atoms with Crippen LogP contribution in [0.15, 0.2) is 24.4 Å². The topological polar surface area (TPSA) is 29.9 Å². The van der Waals surface area contributed by atoms with E-state index in [1.165, 1.54) is 0 Å². The Labute approximate surface area is 99.7 Å². The van der Waals surface area contributed by atoms with Gasteiger partial charge in [0, 0.05) is 17.6 Å². The number of imidazole rings is 1. The van der Waals surface area contributed by atoms with Gasteiger partial charge in [-0.2, -0.15) is 0 Å². The summed E-state index contributed by atoms with van der Waals surface area (Å²) in [5.41, 5.74) is 3.25. The second-order valence-corrected chi connectivity index (χ2v) is 4.11. The van der Waals surface area contributed by atoms with E-state index in [1.54, 1.807) is 7.11 Å². The summed E-state index contributed by atoms with van der Waals surface area (Å²) in [6, 6.07) is 6.02. The predicted octanol–water partition coefficient (Wildman–Crippen LogP) is 3.16. The number of rotatable bonds is 2. The van der Waals surface area contributed by atoms with Gasteiger partial charge in [0.25, 0.3) is 0 Å². The molecule has 2 aromatic rings. The SMILES string of the molecule is COc1ccc(-n2c(C)c[nH]c2=S)cc1C. The minimum absolute atomic E-state index is 0.710. The lowest BCUT2D eigenvalue weighted by atomic mass is 10.2. The fraction of sp³-hybridized carbons (Fsp3) is 0.250. The Balaban J connectivity index is 2.58. The average Bonchev–Trinajstić information content (AvgIpc) is 2.58. The fourth-order valence-corrected chi connectivity index (χ4v) is 2.09. The van der Waals surface area contributed by atoms with Crippen LogP contribution < -0.4 is 4.74 Å². The van der Waals surface area contributed by atoms with E-state index in [9.17, 15) is 0 Å². The number of nitrogens with zero attached hydrogens (tertiary/aromatic N) is 1. The van der Waals surface area contributed by atoms with Crippen molar-refractivity contribution in [2.24, 2.45) is 0 Å². The Morgan fingerprint density at radius 1 is 1.31 bits per heavy atom. The van der Waals surface area contributed by atoms with E-state index < -0.39 is 0 Å². The Morgan fingerprint density at radius 2 is 2.06 bits per heavy atom. The van der Waals surface area contributed by atoms with Gasteiger partial charge in [0.1, 0.15) is 5.75 Å². The highest BCUT2D eigenvalue weighted by molar-refractivity contribution is 7.71. The lowest BCUT2D eigenvalue weighted by Crippen LogP contribution is -1.97. The second-order valence-electron chi connectivity index (χ2n) is 3.72. The number of aromatic nitrogens is 2. The van der Waals surface area contributed by atoms with Gasteiger partial charge in [0.2, 0.25) is 0 Å². The number of benzene rings is 1. The molecule has 4 heteroatoms. The Hall–Kier alpha value is -1.55. The molecule has 0 fully saturated rings. The van der Waals surface area contributed by atoms with Crippen molar-refractivity contribution in [2.75, 3.05) is 7.11 Å². The summed E-state index contributed by atoms with van der Waals surface area (Å²) in [4.78, 5) is 3.03. The minimum Gasteiger partial charge on any atom is -0.496 e. The van der Waals surface area contributed by atoms with Crippen molar-refractivity contribution in [1.82, 2.24) is 9.55 Å². The molecule has 0 aliphatic heterocycles. The maximum Gasteiger partial charge on any atom is 0.182 e. The molecule has 84 valence electrons. The molecule has 0 radical (unpaired) electrons. The van der Waals surface area contributed by atoms with Crippen LogP contribution in [0, 0.1) is 18.6 Å². The van der Waals surface area contributed by atoms with Gasteiger partial charge < -0.3 is 9.72 Å². The molecule has 3 nitrogen and oxygen atoms in total. The molecule has 0 aliphatic rings. The molecule has 1 aromatic heterocycles. The van der Waals surface area contributed by atoms with E-state index in [2.05, 4.69) is 11.1 Å². The molecule has 2 rings (SSSR count). The van der Waals surface area contributed by atoms with Crippen LogP contribution in [0.25, 0.3) is 5.69 Å². The highest BCUT2D eigenvalue weighted by atomic mass is 32.1. The molecular weight excluding hydrogens is 220 g/mol. The zero-order chi connectivity index (χ0) is 11.7. The van der Waals surface area contributed by atoms with Crippen molar-refractivity contribution in [1.29, 1.82) is 0 Å². The first-order valence-corrected chi connectivity index (χ1v) is 5.46. The van der Waals surface area contributed by atoms with Gasteiger partial charge in [-0.3, -0.25) is 4.57 Å². The first-order chi connectivity index (χ1) is 7.63. The molecule has 0 bridgehead atoms. The number of methoxy groups -OCH3 is 1. The van der Waals surface area contributed by atoms with Crippen molar-refractivity contribution in [2.45, 2.75) is 13.8 Å². The molecule has 1 aromatic carbocycles. The molecule has 0 saturated carbocycles. The molecule has 16 heavy (non-hydrogen) atoms. The normalized spacial score (nSPS) is 10.4. The van der Waals surface area contributed by atoms with E-state index in [0.29, 0.717) is 4.77 Å². The molecular formula is C12H14N2OS. The van der Waals surface area contributed by atoms with E-state index in [1.807, 2.05) is 36.7 Å². The highest BCUT2D eigenvalue weighted by Crippen LogP contribution is 2.21. The van der Waals surface area contributed by atoms with Crippen molar-refractivity contribution < 1.29 is 4.74 Å². The molecule has 0 unspecified atom stereocenters. The quantitative estimate of drug-likeness (QED) is 0.809. The summed E-state index contributed by atoms with van der Waals surface area (Å²) in [6.07, 6.45) is 1.90. The van der Waals surface area contributed by atoms with E-state index >= 15 is 0 Å².